The summed E-state index contributed by atoms with van der Waals surface area (Å²) >= 11 is 1.79. The number of pyridine rings is 1. The van der Waals surface area contributed by atoms with Gasteiger partial charge in [0.25, 0.3) is 0 Å². The Balaban J connectivity index is 1.25. The van der Waals surface area contributed by atoms with Crippen LogP contribution in [-0.2, 0) is 35.4 Å². The van der Waals surface area contributed by atoms with Gasteiger partial charge < -0.3 is 10.2 Å². The van der Waals surface area contributed by atoms with Gasteiger partial charge in [0.2, 0.25) is 11.8 Å². The SMILES string of the molecule is O=C(NCCc1nc2c(s1)CCCC2)[C@@H]1CC(=O)N(Cc2cccnc2)C1. The van der Waals surface area contributed by atoms with Crippen molar-refractivity contribution in [2.24, 2.45) is 5.92 Å². The summed E-state index contributed by atoms with van der Waals surface area (Å²) in [6.45, 7) is 1.57. The number of likely N-dealkylation sites (tertiary alicyclic amines) is 1. The van der Waals surface area contributed by atoms with Crippen LogP contribution in [0, 0.1) is 5.92 Å². The van der Waals surface area contributed by atoms with E-state index in [9.17, 15) is 9.59 Å². The lowest BCUT2D eigenvalue weighted by Crippen LogP contribution is -2.34. The lowest BCUT2D eigenvalue weighted by Gasteiger charge is -2.16. The molecule has 0 aromatic carbocycles. The van der Waals surface area contributed by atoms with Crippen molar-refractivity contribution < 1.29 is 9.59 Å². The summed E-state index contributed by atoms with van der Waals surface area (Å²) in [6, 6.07) is 3.80. The van der Waals surface area contributed by atoms with Crippen LogP contribution >= 0.6 is 11.3 Å². The van der Waals surface area contributed by atoms with Gasteiger partial charge >= 0.3 is 0 Å². The summed E-state index contributed by atoms with van der Waals surface area (Å²) in [7, 11) is 0. The van der Waals surface area contributed by atoms with E-state index in [0.717, 1.165) is 29.8 Å². The van der Waals surface area contributed by atoms with Crippen LogP contribution in [0.3, 0.4) is 0 Å². The maximum atomic E-state index is 12.5. The topological polar surface area (TPSA) is 75.2 Å². The molecule has 4 rings (SSSR count). The zero-order valence-corrected chi connectivity index (χ0v) is 16.1. The zero-order chi connectivity index (χ0) is 18.6. The van der Waals surface area contributed by atoms with E-state index in [1.807, 2.05) is 12.1 Å². The van der Waals surface area contributed by atoms with Crippen molar-refractivity contribution in [2.45, 2.75) is 45.1 Å². The minimum atomic E-state index is -0.265. The van der Waals surface area contributed by atoms with E-state index in [1.165, 1.54) is 23.4 Å². The molecular weight excluding hydrogens is 360 g/mol. The molecule has 0 saturated carbocycles. The number of thiazole rings is 1. The lowest BCUT2D eigenvalue weighted by atomic mass is 10.0. The summed E-state index contributed by atoms with van der Waals surface area (Å²) in [6.07, 6.45) is 9.26. The Kier molecular flexibility index (Phi) is 5.48. The molecule has 27 heavy (non-hydrogen) atoms. The number of aromatic nitrogens is 2. The number of aryl methyl sites for hydroxylation is 2. The molecule has 2 aliphatic rings. The molecule has 0 radical (unpaired) electrons. The second-order valence-corrected chi connectivity index (χ2v) is 8.43. The van der Waals surface area contributed by atoms with Crippen LogP contribution in [0.2, 0.25) is 0 Å². The van der Waals surface area contributed by atoms with E-state index in [-0.39, 0.29) is 24.2 Å². The van der Waals surface area contributed by atoms with Crippen LogP contribution in [0.1, 0.15) is 40.4 Å². The minimum absolute atomic E-state index is 0.0293. The van der Waals surface area contributed by atoms with Crippen molar-refractivity contribution in [1.82, 2.24) is 20.2 Å². The molecule has 0 bridgehead atoms. The molecule has 1 N–H and O–H groups in total. The Labute approximate surface area is 163 Å². The fourth-order valence-electron chi connectivity index (χ4n) is 3.76. The quantitative estimate of drug-likeness (QED) is 0.828. The third kappa shape index (κ3) is 4.35. The molecule has 1 fully saturated rings. The number of hydrogen-bond donors (Lipinski definition) is 1. The summed E-state index contributed by atoms with van der Waals surface area (Å²) in [5.74, 6) is -0.261. The van der Waals surface area contributed by atoms with Crippen LogP contribution in [0.5, 0.6) is 0 Å². The molecule has 2 amide bonds. The molecule has 7 heteroatoms. The van der Waals surface area contributed by atoms with Gasteiger partial charge in [-0.05, 0) is 37.3 Å². The van der Waals surface area contributed by atoms with Gasteiger partial charge in [0.15, 0.2) is 0 Å². The van der Waals surface area contributed by atoms with Crippen molar-refractivity contribution in [1.29, 1.82) is 0 Å². The lowest BCUT2D eigenvalue weighted by molar-refractivity contribution is -0.129. The summed E-state index contributed by atoms with van der Waals surface area (Å²) in [5, 5.41) is 4.11. The molecule has 1 aliphatic carbocycles. The first kappa shape index (κ1) is 18.1. The number of rotatable bonds is 6. The molecule has 3 heterocycles. The van der Waals surface area contributed by atoms with Gasteiger partial charge in [0.1, 0.15) is 0 Å². The van der Waals surface area contributed by atoms with Gasteiger partial charge in [-0.25, -0.2) is 4.98 Å². The zero-order valence-electron chi connectivity index (χ0n) is 15.3. The smallest absolute Gasteiger partial charge is 0.225 e. The number of carbonyl (C=O) groups is 2. The highest BCUT2D eigenvalue weighted by molar-refractivity contribution is 7.11. The molecule has 6 nitrogen and oxygen atoms in total. The average molecular weight is 385 g/mol. The van der Waals surface area contributed by atoms with Crippen LogP contribution in [0.4, 0.5) is 0 Å². The Hall–Kier alpha value is -2.28. The maximum Gasteiger partial charge on any atom is 0.225 e. The van der Waals surface area contributed by atoms with Gasteiger partial charge in [-0.2, -0.15) is 0 Å². The van der Waals surface area contributed by atoms with Gasteiger partial charge in [0, 0.05) is 49.7 Å². The Morgan fingerprint density at radius 1 is 1.33 bits per heavy atom. The van der Waals surface area contributed by atoms with E-state index in [2.05, 4.69) is 10.3 Å². The van der Waals surface area contributed by atoms with E-state index >= 15 is 0 Å². The number of nitrogens with one attached hydrogen (secondary N) is 1. The van der Waals surface area contributed by atoms with E-state index in [1.54, 1.807) is 28.6 Å². The standard InChI is InChI=1S/C20H24N4O2S/c25-19-10-15(13-24(19)12-14-4-3-8-21-11-14)20(26)22-9-7-18-23-16-5-1-2-6-17(16)27-18/h3-4,8,11,15H,1-2,5-7,9-10,12-13H2,(H,22,26)/t15-/m1/s1. The van der Waals surface area contributed by atoms with Gasteiger partial charge in [-0.15, -0.1) is 11.3 Å². The third-order valence-electron chi connectivity index (χ3n) is 5.21. The maximum absolute atomic E-state index is 12.5. The summed E-state index contributed by atoms with van der Waals surface area (Å²) in [4.78, 5) is 36.6. The summed E-state index contributed by atoms with van der Waals surface area (Å²) in [5.41, 5.74) is 2.25. The number of nitrogens with zero attached hydrogens (tertiary/aromatic N) is 3. The molecule has 1 aliphatic heterocycles. The van der Waals surface area contributed by atoms with Crippen molar-refractivity contribution in [3.05, 3.63) is 45.7 Å². The molecule has 1 atom stereocenters. The highest BCUT2D eigenvalue weighted by Crippen LogP contribution is 2.27. The molecule has 0 unspecified atom stereocenters. The van der Waals surface area contributed by atoms with Crippen LogP contribution in [0.15, 0.2) is 24.5 Å². The second kappa shape index (κ2) is 8.17. The van der Waals surface area contributed by atoms with Crippen molar-refractivity contribution in [3.8, 4) is 0 Å². The van der Waals surface area contributed by atoms with Crippen molar-refractivity contribution >= 4 is 23.2 Å². The van der Waals surface area contributed by atoms with Crippen molar-refractivity contribution in [3.63, 3.8) is 0 Å². The highest BCUT2D eigenvalue weighted by atomic mass is 32.1. The van der Waals surface area contributed by atoms with Gasteiger partial charge in [-0.1, -0.05) is 6.07 Å². The first-order valence-corrected chi connectivity index (χ1v) is 10.4. The predicted molar refractivity (Wildman–Crippen MR) is 103 cm³/mol. The number of hydrogen-bond acceptors (Lipinski definition) is 5. The Bertz CT molecular complexity index is 797. The fraction of sp³-hybridized carbons (Fsp3) is 0.500. The molecule has 2 aromatic heterocycles. The van der Waals surface area contributed by atoms with Crippen LogP contribution in [-0.4, -0.2) is 39.8 Å². The molecule has 0 spiro atoms. The largest absolute Gasteiger partial charge is 0.355 e. The molecular formula is C20H24N4O2S. The predicted octanol–water partition coefficient (Wildman–Crippen LogP) is 2.12. The second-order valence-electron chi connectivity index (χ2n) is 7.26. The van der Waals surface area contributed by atoms with Crippen LogP contribution < -0.4 is 5.32 Å². The highest BCUT2D eigenvalue weighted by Gasteiger charge is 2.34. The molecule has 2 aromatic rings. The normalized spacial score (nSPS) is 19.2. The van der Waals surface area contributed by atoms with E-state index in [0.29, 0.717) is 19.6 Å². The third-order valence-corrected chi connectivity index (χ3v) is 6.43. The average Bonchev–Trinajstić information content (AvgIpc) is 3.26. The van der Waals surface area contributed by atoms with Gasteiger partial charge in [0.05, 0.1) is 16.6 Å². The minimum Gasteiger partial charge on any atom is -0.355 e. The Morgan fingerprint density at radius 2 is 2.22 bits per heavy atom. The van der Waals surface area contributed by atoms with E-state index < -0.39 is 0 Å². The molecule has 1 saturated heterocycles. The Morgan fingerprint density at radius 3 is 3.04 bits per heavy atom. The van der Waals surface area contributed by atoms with E-state index in [4.69, 9.17) is 4.98 Å². The van der Waals surface area contributed by atoms with Crippen molar-refractivity contribution in [2.75, 3.05) is 13.1 Å². The number of amides is 2. The first-order valence-electron chi connectivity index (χ1n) is 9.61. The number of fused-ring (bicyclic) bond motifs is 1. The summed E-state index contributed by atoms with van der Waals surface area (Å²) < 4.78 is 0. The monoisotopic (exact) mass is 384 g/mol. The molecule has 142 valence electrons. The first-order chi connectivity index (χ1) is 13.2. The van der Waals surface area contributed by atoms with Gasteiger partial charge in [-0.3, -0.25) is 14.6 Å². The van der Waals surface area contributed by atoms with Crippen LogP contribution in [0.25, 0.3) is 0 Å². The number of carbonyl (C=O) groups excluding carboxylic acids is 2. The fourth-order valence-corrected chi connectivity index (χ4v) is 4.92.